The SMILES string of the molecule is CNC(=O)Cc1ccc(NC(=O)Nc2cc(OC)cc(OC)c2)cc1. The lowest BCUT2D eigenvalue weighted by Crippen LogP contribution is -2.20. The summed E-state index contributed by atoms with van der Waals surface area (Å²) in [5.41, 5.74) is 2.03. The predicted molar refractivity (Wildman–Crippen MR) is 96.4 cm³/mol. The van der Waals surface area contributed by atoms with Crippen LogP contribution in [0.5, 0.6) is 11.5 Å². The lowest BCUT2D eigenvalue weighted by molar-refractivity contribution is -0.119. The molecule has 0 unspecified atom stereocenters. The summed E-state index contributed by atoms with van der Waals surface area (Å²) in [4.78, 5) is 23.5. The fraction of sp³-hybridized carbons (Fsp3) is 0.222. The van der Waals surface area contributed by atoms with Gasteiger partial charge in [0, 0.05) is 36.6 Å². The molecule has 0 bridgehead atoms. The Morgan fingerprint density at radius 1 is 0.880 bits per heavy atom. The Morgan fingerprint density at radius 3 is 1.96 bits per heavy atom. The molecule has 0 atom stereocenters. The minimum Gasteiger partial charge on any atom is -0.497 e. The van der Waals surface area contributed by atoms with Crippen molar-refractivity contribution < 1.29 is 19.1 Å². The Balaban J connectivity index is 1.99. The summed E-state index contributed by atoms with van der Waals surface area (Å²) >= 11 is 0. The Bertz CT molecular complexity index is 722. The Labute approximate surface area is 146 Å². The third kappa shape index (κ3) is 5.42. The molecule has 0 saturated carbocycles. The van der Waals surface area contributed by atoms with E-state index in [0.717, 1.165) is 5.56 Å². The first kappa shape index (κ1) is 18.1. The van der Waals surface area contributed by atoms with Gasteiger partial charge in [-0.15, -0.1) is 0 Å². The smallest absolute Gasteiger partial charge is 0.323 e. The molecule has 2 aromatic carbocycles. The van der Waals surface area contributed by atoms with E-state index in [1.807, 2.05) is 0 Å². The highest BCUT2D eigenvalue weighted by atomic mass is 16.5. The highest BCUT2D eigenvalue weighted by Gasteiger charge is 2.07. The van der Waals surface area contributed by atoms with Crippen LogP contribution in [-0.2, 0) is 11.2 Å². The number of methoxy groups -OCH3 is 2. The summed E-state index contributed by atoms with van der Waals surface area (Å²) in [5, 5.41) is 8.02. The Kier molecular flexibility index (Phi) is 6.22. The number of anilines is 2. The van der Waals surface area contributed by atoms with Crippen molar-refractivity contribution in [1.29, 1.82) is 0 Å². The van der Waals surface area contributed by atoms with Crippen molar-refractivity contribution in [2.45, 2.75) is 6.42 Å². The average Bonchev–Trinajstić information content (AvgIpc) is 2.62. The third-order valence-electron chi connectivity index (χ3n) is 3.46. The molecule has 0 aliphatic heterocycles. The summed E-state index contributed by atoms with van der Waals surface area (Å²) in [6.45, 7) is 0. The number of nitrogens with one attached hydrogen (secondary N) is 3. The number of carbonyl (C=O) groups is 2. The van der Waals surface area contributed by atoms with Crippen LogP contribution >= 0.6 is 0 Å². The summed E-state index contributed by atoms with van der Waals surface area (Å²) < 4.78 is 10.3. The van der Waals surface area contributed by atoms with Gasteiger partial charge in [-0.25, -0.2) is 4.79 Å². The van der Waals surface area contributed by atoms with E-state index in [-0.39, 0.29) is 5.91 Å². The van der Waals surface area contributed by atoms with Crippen molar-refractivity contribution in [3.63, 3.8) is 0 Å². The van der Waals surface area contributed by atoms with Crippen molar-refractivity contribution in [2.75, 3.05) is 31.9 Å². The number of amides is 3. The summed E-state index contributed by atoms with van der Waals surface area (Å²) in [6.07, 6.45) is 0.298. The molecule has 2 aromatic rings. The second-order valence-corrected chi connectivity index (χ2v) is 5.23. The first-order chi connectivity index (χ1) is 12.0. The van der Waals surface area contributed by atoms with Gasteiger partial charge in [0.25, 0.3) is 0 Å². The van der Waals surface area contributed by atoms with E-state index in [0.29, 0.717) is 29.3 Å². The summed E-state index contributed by atoms with van der Waals surface area (Å²) in [5.74, 6) is 1.09. The zero-order valence-corrected chi connectivity index (χ0v) is 14.4. The molecule has 25 heavy (non-hydrogen) atoms. The second kappa shape index (κ2) is 8.58. The molecule has 0 heterocycles. The molecule has 3 N–H and O–H groups in total. The molecule has 0 spiro atoms. The van der Waals surface area contributed by atoms with Crippen LogP contribution in [0.1, 0.15) is 5.56 Å². The largest absolute Gasteiger partial charge is 0.497 e. The summed E-state index contributed by atoms with van der Waals surface area (Å²) in [6, 6.07) is 11.8. The standard InChI is InChI=1S/C18H21N3O4/c1-19-17(22)8-12-4-6-13(7-5-12)20-18(23)21-14-9-15(24-2)11-16(10-14)25-3/h4-7,9-11H,8H2,1-3H3,(H,19,22)(H2,20,21,23). The van der Waals surface area contributed by atoms with Crippen molar-refractivity contribution >= 4 is 23.3 Å². The highest BCUT2D eigenvalue weighted by molar-refractivity contribution is 6.00. The first-order valence-electron chi connectivity index (χ1n) is 7.64. The predicted octanol–water partition coefficient (Wildman–Crippen LogP) is 2.64. The number of benzene rings is 2. The van der Waals surface area contributed by atoms with Gasteiger partial charge < -0.3 is 25.4 Å². The molecule has 7 nitrogen and oxygen atoms in total. The number of hydrogen-bond donors (Lipinski definition) is 3. The van der Waals surface area contributed by atoms with Crippen LogP contribution < -0.4 is 25.4 Å². The molecule has 0 radical (unpaired) electrons. The average molecular weight is 343 g/mol. The van der Waals surface area contributed by atoms with Gasteiger partial charge in [-0.1, -0.05) is 12.1 Å². The summed E-state index contributed by atoms with van der Waals surface area (Å²) in [7, 11) is 4.67. The van der Waals surface area contributed by atoms with Crippen LogP contribution in [0.3, 0.4) is 0 Å². The van der Waals surface area contributed by atoms with E-state index < -0.39 is 6.03 Å². The fourth-order valence-electron chi connectivity index (χ4n) is 2.15. The monoisotopic (exact) mass is 343 g/mol. The van der Waals surface area contributed by atoms with E-state index in [1.54, 1.807) is 63.7 Å². The second-order valence-electron chi connectivity index (χ2n) is 5.23. The zero-order valence-electron chi connectivity index (χ0n) is 14.4. The molecule has 0 aromatic heterocycles. The van der Waals surface area contributed by atoms with E-state index in [9.17, 15) is 9.59 Å². The van der Waals surface area contributed by atoms with Crippen molar-refractivity contribution in [3.05, 3.63) is 48.0 Å². The fourth-order valence-corrected chi connectivity index (χ4v) is 2.15. The lowest BCUT2D eigenvalue weighted by atomic mass is 10.1. The van der Waals surface area contributed by atoms with Gasteiger partial charge in [0.2, 0.25) is 5.91 Å². The lowest BCUT2D eigenvalue weighted by Gasteiger charge is -2.11. The van der Waals surface area contributed by atoms with Gasteiger partial charge in [0.15, 0.2) is 0 Å². The maximum Gasteiger partial charge on any atom is 0.323 e. The van der Waals surface area contributed by atoms with Crippen LogP contribution in [0.4, 0.5) is 16.2 Å². The number of likely N-dealkylation sites (N-methyl/N-ethyl adjacent to an activating group) is 1. The van der Waals surface area contributed by atoms with Crippen LogP contribution in [0.15, 0.2) is 42.5 Å². The van der Waals surface area contributed by atoms with Crippen molar-refractivity contribution in [3.8, 4) is 11.5 Å². The van der Waals surface area contributed by atoms with Crippen molar-refractivity contribution in [1.82, 2.24) is 5.32 Å². The van der Waals surface area contributed by atoms with Gasteiger partial charge in [0.1, 0.15) is 11.5 Å². The number of ether oxygens (including phenoxy) is 2. The molecule has 0 fully saturated rings. The Hall–Kier alpha value is -3.22. The molecule has 0 saturated heterocycles. The van der Waals surface area contributed by atoms with Gasteiger partial charge in [0.05, 0.1) is 20.6 Å². The maximum absolute atomic E-state index is 12.1. The molecule has 2 rings (SSSR count). The molecule has 3 amide bonds. The van der Waals surface area contributed by atoms with Crippen LogP contribution in [-0.4, -0.2) is 33.2 Å². The van der Waals surface area contributed by atoms with E-state index >= 15 is 0 Å². The Morgan fingerprint density at radius 2 is 1.44 bits per heavy atom. The van der Waals surface area contributed by atoms with Gasteiger partial charge in [-0.05, 0) is 17.7 Å². The van der Waals surface area contributed by atoms with Gasteiger partial charge in [-0.2, -0.15) is 0 Å². The highest BCUT2D eigenvalue weighted by Crippen LogP contribution is 2.25. The number of urea groups is 1. The van der Waals surface area contributed by atoms with E-state index in [2.05, 4.69) is 16.0 Å². The third-order valence-corrected chi connectivity index (χ3v) is 3.46. The molecule has 0 aliphatic rings. The van der Waals surface area contributed by atoms with Gasteiger partial charge in [-0.3, -0.25) is 4.79 Å². The topological polar surface area (TPSA) is 88.7 Å². The normalized spacial score (nSPS) is 9.88. The number of carbonyl (C=O) groups excluding carboxylic acids is 2. The molecule has 7 heteroatoms. The van der Waals surface area contributed by atoms with Gasteiger partial charge >= 0.3 is 6.03 Å². The van der Waals surface area contributed by atoms with Crippen molar-refractivity contribution in [2.24, 2.45) is 0 Å². The minimum atomic E-state index is -0.394. The molecule has 132 valence electrons. The molecular weight excluding hydrogens is 322 g/mol. The molecule has 0 aliphatic carbocycles. The van der Waals surface area contributed by atoms with E-state index in [4.69, 9.17) is 9.47 Å². The zero-order chi connectivity index (χ0) is 18.2. The van der Waals surface area contributed by atoms with Crippen LogP contribution in [0, 0.1) is 0 Å². The quantitative estimate of drug-likeness (QED) is 0.752. The maximum atomic E-state index is 12.1. The number of hydrogen-bond acceptors (Lipinski definition) is 4. The minimum absolute atomic E-state index is 0.0644. The van der Waals surface area contributed by atoms with Crippen LogP contribution in [0.2, 0.25) is 0 Å². The first-order valence-corrected chi connectivity index (χ1v) is 7.64. The number of rotatable bonds is 6. The molecular formula is C18H21N3O4. The van der Waals surface area contributed by atoms with E-state index in [1.165, 1.54) is 0 Å². The van der Waals surface area contributed by atoms with Crippen LogP contribution in [0.25, 0.3) is 0 Å².